The molecule has 136 valence electrons. The molecule has 0 fully saturated rings. The van der Waals surface area contributed by atoms with Crippen molar-refractivity contribution in [2.45, 2.75) is 26.1 Å². The molecule has 0 spiro atoms. The standard InChI is InChI=1S/C18H19N3O4S/c1-11-8-15(16-12(2)21-25-18(16)20-11)17(22)19-9-13-4-6-14(7-5-13)10-26(3,23)24/h4-8H,9-10H2,1-3H3,(H,19,22). The number of hydrogen-bond donors (Lipinski definition) is 1. The third-order valence-corrected chi connectivity index (χ3v) is 4.75. The summed E-state index contributed by atoms with van der Waals surface area (Å²) in [6.07, 6.45) is 1.20. The average Bonchev–Trinajstić information content (AvgIpc) is 2.92. The summed E-state index contributed by atoms with van der Waals surface area (Å²) in [5.41, 5.74) is 3.69. The van der Waals surface area contributed by atoms with E-state index in [1.807, 2.05) is 0 Å². The van der Waals surface area contributed by atoms with E-state index in [1.54, 1.807) is 44.2 Å². The highest BCUT2D eigenvalue weighted by atomic mass is 32.2. The van der Waals surface area contributed by atoms with Crippen LogP contribution in [0.5, 0.6) is 0 Å². The number of benzene rings is 1. The molecule has 7 nitrogen and oxygen atoms in total. The van der Waals surface area contributed by atoms with Crippen LogP contribution in [0.4, 0.5) is 0 Å². The molecule has 0 saturated heterocycles. The van der Waals surface area contributed by atoms with E-state index >= 15 is 0 Å². The molecule has 0 radical (unpaired) electrons. The molecule has 0 saturated carbocycles. The lowest BCUT2D eigenvalue weighted by Crippen LogP contribution is -2.23. The number of nitrogens with zero attached hydrogens (tertiary/aromatic N) is 2. The minimum Gasteiger partial charge on any atom is -0.348 e. The first-order valence-electron chi connectivity index (χ1n) is 8.00. The minimum atomic E-state index is -3.07. The van der Waals surface area contributed by atoms with Crippen molar-refractivity contribution in [3.05, 3.63) is 58.4 Å². The second-order valence-electron chi connectivity index (χ2n) is 6.33. The number of carbonyl (C=O) groups excluding carboxylic acids is 1. The van der Waals surface area contributed by atoms with Gasteiger partial charge in [-0.3, -0.25) is 4.79 Å². The van der Waals surface area contributed by atoms with Gasteiger partial charge in [0.25, 0.3) is 11.6 Å². The molecule has 8 heteroatoms. The van der Waals surface area contributed by atoms with Crippen molar-refractivity contribution in [2.75, 3.05) is 6.26 Å². The Morgan fingerprint density at radius 3 is 2.46 bits per heavy atom. The molecule has 0 aliphatic rings. The van der Waals surface area contributed by atoms with E-state index in [2.05, 4.69) is 15.5 Å². The molecule has 2 heterocycles. The average molecular weight is 373 g/mol. The van der Waals surface area contributed by atoms with Gasteiger partial charge < -0.3 is 9.84 Å². The Bertz CT molecular complexity index is 1070. The van der Waals surface area contributed by atoms with Crippen molar-refractivity contribution in [3.8, 4) is 0 Å². The number of hydrogen-bond acceptors (Lipinski definition) is 6. The van der Waals surface area contributed by atoms with Crippen LogP contribution in [0.25, 0.3) is 11.1 Å². The zero-order valence-electron chi connectivity index (χ0n) is 14.7. The van der Waals surface area contributed by atoms with Gasteiger partial charge in [-0.25, -0.2) is 13.4 Å². The summed E-state index contributed by atoms with van der Waals surface area (Å²) in [4.78, 5) is 16.8. The number of carbonyl (C=O) groups is 1. The molecule has 0 bridgehead atoms. The maximum Gasteiger partial charge on any atom is 0.258 e. The van der Waals surface area contributed by atoms with E-state index < -0.39 is 9.84 Å². The van der Waals surface area contributed by atoms with Crippen molar-refractivity contribution < 1.29 is 17.7 Å². The van der Waals surface area contributed by atoms with Gasteiger partial charge >= 0.3 is 0 Å². The maximum atomic E-state index is 12.6. The molecule has 1 aromatic carbocycles. The molecule has 1 N–H and O–H groups in total. The van der Waals surface area contributed by atoms with Crippen LogP contribution in [0.2, 0.25) is 0 Å². The van der Waals surface area contributed by atoms with E-state index in [-0.39, 0.29) is 11.7 Å². The number of amides is 1. The van der Waals surface area contributed by atoms with Crippen molar-refractivity contribution in [3.63, 3.8) is 0 Å². The van der Waals surface area contributed by atoms with Gasteiger partial charge in [0.15, 0.2) is 9.84 Å². The summed E-state index contributed by atoms with van der Waals surface area (Å²) < 4.78 is 27.8. The Balaban J connectivity index is 1.74. The molecule has 0 aliphatic heterocycles. The SMILES string of the molecule is Cc1cc(C(=O)NCc2ccc(CS(C)(=O)=O)cc2)c2c(C)noc2n1. The van der Waals surface area contributed by atoms with Gasteiger partial charge in [-0.15, -0.1) is 0 Å². The lowest BCUT2D eigenvalue weighted by molar-refractivity contribution is 0.0952. The van der Waals surface area contributed by atoms with E-state index in [0.29, 0.717) is 40.2 Å². The van der Waals surface area contributed by atoms with Crippen LogP contribution in [0.1, 0.15) is 32.9 Å². The summed E-state index contributed by atoms with van der Waals surface area (Å²) >= 11 is 0. The number of nitrogens with one attached hydrogen (secondary N) is 1. The van der Waals surface area contributed by atoms with Gasteiger partial charge in [-0.05, 0) is 31.0 Å². The summed E-state index contributed by atoms with van der Waals surface area (Å²) in [7, 11) is -3.07. The summed E-state index contributed by atoms with van der Waals surface area (Å²) in [5.74, 6) is -0.243. The third kappa shape index (κ3) is 4.08. The van der Waals surface area contributed by atoms with Crippen molar-refractivity contribution in [1.82, 2.24) is 15.5 Å². The number of sulfone groups is 1. The van der Waals surface area contributed by atoms with E-state index in [0.717, 1.165) is 5.56 Å². The van der Waals surface area contributed by atoms with Gasteiger partial charge in [0.2, 0.25) is 0 Å². The molecular weight excluding hydrogens is 354 g/mol. The fourth-order valence-electron chi connectivity index (χ4n) is 2.73. The second-order valence-corrected chi connectivity index (χ2v) is 8.47. The van der Waals surface area contributed by atoms with Crippen LogP contribution >= 0.6 is 0 Å². The van der Waals surface area contributed by atoms with Gasteiger partial charge in [0.1, 0.15) is 0 Å². The Morgan fingerprint density at radius 2 is 1.81 bits per heavy atom. The zero-order chi connectivity index (χ0) is 18.9. The Kier molecular flexibility index (Phi) is 4.78. The first kappa shape index (κ1) is 18.1. The van der Waals surface area contributed by atoms with Crippen LogP contribution < -0.4 is 5.32 Å². The minimum absolute atomic E-state index is 0.000674. The first-order valence-corrected chi connectivity index (χ1v) is 10.1. The topological polar surface area (TPSA) is 102 Å². The number of pyridine rings is 1. The molecule has 1 amide bonds. The quantitative estimate of drug-likeness (QED) is 0.736. The lowest BCUT2D eigenvalue weighted by atomic mass is 10.1. The van der Waals surface area contributed by atoms with Crippen molar-refractivity contribution in [2.24, 2.45) is 0 Å². The maximum absolute atomic E-state index is 12.6. The van der Waals surface area contributed by atoms with Crippen molar-refractivity contribution >= 4 is 26.8 Å². The molecule has 0 atom stereocenters. The first-order chi connectivity index (χ1) is 12.2. The van der Waals surface area contributed by atoms with Gasteiger partial charge in [-0.1, -0.05) is 29.4 Å². The normalized spacial score (nSPS) is 11.7. The molecule has 3 rings (SSSR count). The van der Waals surface area contributed by atoms with Gasteiger partial charge in [0, 0.05) is 18.5 Å². The van der Waals surface area contributed by atoms with Crippen LogP contribution in [-0.4, -0.2) is 30.7 Å². The number of fused-ring (bicyclic) bond motifs is 1. The smallest absolute Gasteiger partial charge is 0.258 e. The highest BCUT2D eigenvalue weighted by molar-refractivity contribution is 7.89. The highest BCUT2D eigenvalue weighted by Crippen LogP contribution is 2.21. The molecule has 26 heavy (non-hydrogen) atoms. The monoisotopic (exact) mass is 373 g/mol. The molecule has 2 aromatic heterocycles. The largest absolute Gasteiger partial charge is 0.348 e. The lowest BCUT2D eigenvalue weighted by Gasteiger charge is -2.08. The van der Waals surface area contributed by atoms with Crippen molar-refractivity contribution in [1.29, 1.82) is 0 Å². The van der Waals surface area contributed by atoms with Gasteiger partial charge in [-0.2, -0.15) is 0 Å². The molecule has 3 aromatic rings. The Morgan fingerprint density at radius 1 is 1.15 bits per heavy atom. The van der Waals surface area contributed by atoms with E-state index in [9.17, 15) is 13.2 Å². The predicted octanol–water partition coefficient (Wildman–Crippen LogP) is 2.31. The molecule has 0 unspecified atom stereocenters. The number of aryl methyl sites for hydroxylation is 2. The van der Waals surface area contributed by atoms with Crippen LogP contribution in [0.15, 0.2) is 34.9 Å². The fourth-order valence-corrected chi connectivity index (χ4v) is 3.53. The van der Waals surface area contributed by atoms with E-state index in [4.69, 9.17) is 4.52 Å². The number of aromatic nitrogens is 2. The Hall–Kier alpha value is -2.74. The Labute approximate surface area is 151 Å². The highest BCUT2D eigenvalue weighted by Gasteiger charge is 2.17. The number of rotatable bonds is 5. The van der Waals surface area contributed by atoms with Crippen LogP contribution in [-0.2, 0) is 22.1 Å². The van der Waals surface area contributed by atoms with Crippen LogP contribution in [0, 0.1) is 13.8 Å². The third-order valence-electron chi connectivity index (χ3n) is 3.89. The second kappa shape index (κ2) is 6.87. The fraction of sp³-hybridized carbons (Fsp3) is 0.278. The predicted molar refractivity (Wildman–Crippen MR) is 97.4 cm³/mol. The molecular formula is C18H19N3O4S. The summed E-state index contributed by atoms with van der Waals surface area (Å²) in [6.45, 7) is 3.87. The summed E-state index contributed by atoms with van der Waals surface area (Å²) in [5, 5.41) is 7.34. The summed E-state index contributed by atoms with van der Waals surface area (Å²) in [6, 6.07) is 8.82. The molecule has 0 aliphatic carbocycles. The zero-order valence-corrected chi connectivity index (χ0v) is 15.6. The van der Waals surface area contributed by atoms with Gasteiger partial charge in [0.05, 0.1) is 22.4 Å². The van der Waals surface area contributed by atoms with E-state index in [1.165, 1.54) is 6.26 Å². The van der Waals surface area contributed by atoms with Crippen LogP contribution in [0.3, 0.4) is 0 Å².